The Kier molecular flexibility index (Phi) is 5.00. The van der Waals surface area contributed by atoms with Gasteiger partial charge in [-0.15, -0.1) is 0 Å². The van der Waals surface area contributed by atoms with Crippen LogP contribution in [0.4, 0.5) is 0 Å². The van der Waals surface area contributed by atoms with Gasteiger partial charge in [-0.2, -0.15) is 0 Å². The maximum absolute atomic E-state index is 10.7. The number of rotatable bonds is 6. The Morgan fingerprint density at radius 2 is 2.12 bits per heavy atom. The molecule has 0 bridgehead atoms. The summed E-state index contributed by atoms with van der Waals surface area (Å²) in [5, 5.41) is 12.5. The van der Waals surface area contributed by atoms with Gasteiger partial charge >= 0.3 is 5.97 Å². The van der Waals surface area contributed by atoms with Crippen molar-refractivity contribution >= 4 is 11.7 Å². The first-order valence-electron chi connectivity index (χ1n) is 5.19. The normalized spacial score (nSPS) is 9.53. The summed E-state index contributed by atoms with van der Waals surface area (Å²) >= 11 is 0. The Bertz CT molecular complexity index is 411. The Labute approximate surface area is 99.7 Å². The van der Waals surface area contributed by atoms with E-state index in [4.69, 9.17) is 14.7 Å². The molecule has 0 atom stereocenters. The topological polar surface area (TPSA) is 68.1 Å². The van der Waals surface area contributed by atoms with Crippen molar-refractivity contribution in [2.45, 2.75) is 13.8 Å². The average Bonchev–Trinajstić information content (AvgIpc) is 2.28. The van der Waals surface area contributed by atoms with Crippen LogP contribution in [0.25, 0.3) is 0 Å². The average molecular weight is 237 g/mol. The van der Waals surface area contributed by atoms with Crippen LogP contribution in [0.5, 0.6) is 5.75 Å². The summed E-state index contributed by atoms with van der Waals surface area (Å²) in [7, 11) is 0. The van der Waals surface area contributed by atoms with Crippen LogP contribution in [0.1, 0.15) is 24.2 Å². The minimum absolute atomic E-state index is 0.200. The fraction of sp³-hybridized carbons (Fsp3) is 0.333. The first kappa shape index (κ1) is 13.0. The van der Waals surface area contributed by atoms with Crippen molar-refractivity contribution in [3.8, 4) is 5.75 Å². The van der Waals surface area contributed by atoms with E-state index in [1.54, 1.807) is 12.1 Å². The number of carboxylic acids is 1. The van der Waals surface area contributed by atoms with Gasteiger partial charge in [-0.05, 0) is 32.0 Å². The zero-order valence-corrected chi connectivity index (χ0v) is 9.84. The number of hydrogen-bond acceptors (Lipinski definition) is 4. The summed E-state index contributed by atoms with van der Waals surface area (Å²) in [5.41, 5.74) is 1.03. The van der Waals surface area contributed by atoms with Gasteiger partial charge in [-0.3, -0.25) is 0 Å². The van der Waals surface area contributed by atoms with E-state index in [9.17, 15) is 4.79 Å². The van der Waals surface area contributed by atoms with E-state index >= 15 is 0 Å². The number of hydrogen-bond donors (Lipinski definition) is 1. The van der Waals surface area contributed by atoms with Crippen LogP contribution < -0.4 is 4.74 Å². The van der Waals surface area contributed by atoms with Crippen LogP contribution >= 0.6 is 0 Å². The number of ether oxygens (including phenoxy) is 1. The molecule has 5 nitrogen and oxygen atoms in total. The van der Waals surface area contributed by atoms with Crippen LogP contribution in [0.2, 0.25) is 0 Å². The van der Waals surface area contributed by atoms with Crippen molar-refractivity contribution < 1.29 is 19.5 Å². The van der Waals surface area contributed by atoms with Gasteiger partial charge in [0, 0.05) is 0 Å². The third kappa shape index (κ3) is 5.01. The van der Waals surface area contributed by atoms with E-state index < -0.39 is 5.97 Å². The van der Waals surface area contributed by atoms with Crippen LogP contribution in [-0.4, -0.2) is 30.0 Å². The molecule has 1 aromatic rings. The molecule has 0 radical (unpaired) electrons. The second-order valence-electron chi connectivity index (χ2n) is 3.55. The SMILES string of the molecule is CC(C)=NOCCOc1cccc(C(=O)O)c1. The predicted molar refractivity (Wildman–Crippen MR) is 63.6 cm³/mol. The Morgan fingerprint density at radius 1 is 1.35 bits per heavy atom. The number of carboxylic acid groups (broad SMARTS) is 1. The lowest BCUT2D eigenvalue weighted by Gasteiger charge is -2.05. The maximum atomic E-state index is 10.7. The van der Waals surface area contributed by atoms with E-state index in [2.05, 4.69) is 5.16 Å². The van der Waals surface area contributed by atoms with Crippen LogP contribution in [-0.2, 0) is 4.84 Å². The minimum Gasteiger partial charge on any atom is -0.490 e. The monoisotopic (exact) mass is 237 g/mol. The maximum Gasteiger partial charge on any atom is 0.335 e. The highest BCUT2D eigenvalue weighted by Gasteiger charge is 2.03. The predicted octanol–water partition coefficient (Wildman–Crippen LogP) is 2.18. The van der Waals surface area contributed by atoms with Crippen LogP contribution in [0, 0.1) is 0 Å². The molecule has 0 aliphatic heterocycles. The Balaban J connectivity index is 2.39. The zero-order valence-electron chi connectivity index (χ0n) is 9.84. The van der Waals surface area contributed by atoms with Crippen molar-refractivity contribution in [3.05, 3.63) is 29.8 Å². The van der Waals surface area contributed by atoms with E-state index in [1.165, 1.54) is 12.1 Å². The molecule has 0 spiro atoms. The molecule has 0 aromatic heterocycles. The van der Waals surface area contributed by atoms with Gasteiger partial charge in [0.05, 0.1) is 11.3 Å². The number of nitrogens with zero attached hydrogens (tertiary/aromatic N) is 1. The summed E-state index contributed by atoms with van der Waals surface area (Å²) in [6.45, 7) is 4.30. The Hall–Kier alpha value is -2.04. The van der Waals surface area contributed by atoms with Gasteiger partial charge < -0.3 is 14.7 Å². The van der Waals surface area contributed by atoms with Crippen molar-refractivity contribution in [2.24, 2.45) is 5.16 Å². The largest absolute Gasteiger partial charge is 0.490 e. The molecule has 0 fully saturated rings. The molecule has 0 aliphatic rings. The Morgan fingerprint density at radius 3 is 2.76 bits per heavy atom. The molecule has 5 heteroatoms. The molecule has 0 saturated heterocycles. The van der Waals surface area contributed by atoms with E-state index in [-0.39, 0.29) is 5.56 Å². The fourth-order valence-corrected chi connectivity index (χ4v) is 1.09. The molecule has 0 aliphatic carbocycles. The van der Waals surface area contributed by atoms with Gasteiger partial charge in [-0.1, -0.05) is 11.2 Å². The second kappa shape index (κ2) is 6.52. The summed E-state index contributed by atoms with van der Waals surface area (Å²) in [4.78, 5) is 15.6. The molecule has 1 aromatic carbocycles. The highest BCUT2D eigenvalue weighted by Crippen LogP contribution is 2.13. The summed E-state index contributed by atoms with van der Waals surface area (Å²) < 4.78 is 5.32. The van der Waals surface area contributed by atoms with Crippen molar-refractivity contribution in [2.75, 3.05) is 13.2 Å². The van der Waals surface area contributed by atoms with Gasteiger partial charge in [0.25, 0.3) is 0 Å². The fourth-order valence-electron chi connectivity index (χ4n) is 1.09. The quantitative estimate of drug-likeness (QED) is 0.467. The van der Waals surface area contributed by atoms with Crippen molar-refractivity contribution in [1.82, 2.24) is 0 Å². The van der Waals surface area contributed by atoms with Gasteiger partial charge in [0.2, 0.25) is 0 Å². The zero-order chi connectivity index (χ0) is 12.7. The molecular weight excluding hydrogens is 222 g/mol. The summed E-state index contributed by atoms with van der Waals surface area (Å²) in [5.74, 6) is -0.469. The van der Waals surface area contributed by atoms with Crippen LogP contribution in [0.15, 0.2) is 29.4 Å². The highest BCUT2D eigenvalue weighted by atomic mass is 16.6. The molecule has 1 N–H and O–H groups in total. The van der Waals surface area contributed by atoms with Crippen LogP contribution in [0.3, 0.4) is 0 Å². The van der Waals surface area contributed by atoms with E-state index in [0.717, 1.165) is 5.71 Å². The molecule has 17 heavy (non-hydrogen) atoms. The molecule has 92 valence electrons. The number of carbonyl (C=O) groups is 1. The molecule has 0 unspecified atom stereocenters. The molecule has 0 amide bonds. The summed E-state index contributed by atoms with van der Waals surface area (Å²) in [6, 6.07) is 6.31. The molecule has 0 saturated carbocycles. The molecule has 1 rings (SSSR count). The van der Waals surface area contributed by atoms with E-state index in [1.807, 2.05) is 13.8 Å². The minimum atomic E-state index is -0.974. The van der Waals surface area contributed by atoms with Gasteiger partial charge in [-0.25, -0.2) is 4.79 Å². The smallest absolute Gasteiger partial charge is 0.335 e. The lowest BCUT2D eigenvalue weighted by molar-refractivity contribution is 0.0696. The van der Waals surface area contributed by atoms with Gasteiger partial charge in [0.15, 0.2) is 6.61 Å². The first-order chi connectivity index (χ1) is 8.09. The third-order valence-electron chi connectivity index (χ3n) is 1.77. The molecule has 0 heterocycles. The van der Waals surface area contributed by atoms with E-state index in [0.29, 0.717) is 19.0 Å². The number of aromatic carboxylic acids is 1. The lowest BCUT2D eigenvalue weighted by Crippen LogP contribution is -2.05. The number of oxime groups is 1. The molecular formula is C12H15NO4. The van der Waals surface area contributed by atoms with Crippen molar-refractivity contribution in [3.63, 3.8) is 0 Å². The third-order valence-corrected chi connectivity index (χ3v) is 1.77. The van der Waals surface area contributed by atoms with Gasteiger partial charge in [0.1, 0.15) is 12.4 Å². The summed E-state index contributed by atoms with van der Waals surface area (Å²) in [6.07, 6.45) is 0. The second-order valence-corrected chi connectivity index (χ2v) is 3.55. The standard InChI is InChI=1S/C12H15NO4/c1-9(2)13-17-7-6-16-11-5-3-4-10(8-11)12(14)15/h3-5,8H,6-7H2,1-2H3,(H,14,15). The lowest BCUT2D eigenvalue weighted by atomic mass is 10.2. The first-order valence-corrected chi connectivity index (χ1v) is 5.19. The van der Waals surface area contributed by atoms with Crippen molar-refractivity contribution in [1.29, 1.82) is 0 Å². The number of benzene rings is 1. The highest BCUT2D eigenvalue weighted by molar-refractivity contribution is 5.88.